The zero-order valence-corrected chi connectivity index (χ0v) is 11.0. The van der Waals surface area contributed by atoms with Crippen LogP contribution in [-0.2, 0) is 17.6 Å². The number of aryl methyl sites for hydroxylation is 1. The van der Waals surface area contributed by atoms with E-state index in [0.29, 0.717) is 23.4 Å². The number of ketones is 1. The molecule has 0 N–H and O–H groups in total. The molecule has 1 aromatic heterocycles. The monoisotopic (exact) mass is 277 g/mol. The normalized spacial score (nSPS) is 10.4. The Morgan fingerprint density at radius 3 is 2.63 bits per heavy atom. The number of hydrogen-bond acceptors (Lipinski definition) is 2. The van der Waals surface area contributed by atoms with E-state index in [-0.39, 0.29) is 12.2 Å². The highest BCUT2D eigenvalue weighted by Gasteiger charge is 2.09. The van der Waals surface area contributed by atoms with Crippen molar-refractivity contribution in [2.24, 2.45) is 0 Å². The van der Waals surface area contributed by atoms with Crippen molar-refractivity contribution >= 4 is 17.4 Å². The van der Waals surface area contributed by atoms with Gasteiger partial charge in [-0.1, -0.05) is 17.7 Å². The predicted molar refractivity (Wildman–Crippen MR) is 72.7 cm³/mol. The first-order chi connectivity index (χ1) is 9.15. The number of carbonyl (C=O) groups is 1. The van der Waals surface area contributed by atoms with Crippen LogP contribution in [-0.4, -0.2) is 10.8 Å². The molecule has 2 rings (SSSR count). The molecular formula is C15H13ClFNO. The fraction of sp³-hybridized carbons (Fsp3) is 0.200. The van der Waals surface area contributed by atoms with Gasteiger partial charge in [-0.3, -0.25) is 9.78 Å². The number of pyridine rings is 1. The maximum atomic E-state index is 13.5. The molecule has 4 heteroatoms. The average Bonchev–Trinajstić information content (AvgIpc) is 2.41. The lowest BCUT2D eigenvalue weighted by Crippen LogP contribution is -2.06. The molecule has 0 amide bonds. The van der Waals surface area contributed by atoms with Crippen LogP contribution in [0.1, 0.15) is 17.5 Å². The molecule has 1 aromatic carbocycles. The van der Waals surface area contributed by atoms with Crippen LogP contribution in [0.3, 0.4) is 0 Å². The summed E-state index contributed by atoms with van der Waals surface area (Å²) in [7, 11) is 0. The van der Waals surface area contributed by atoms with Crippen molar-refractivity contribution in [1.82, 2.24) is 4.98 Å². The smallest absolute Gasteiger partial charge is 0.137 e. The van der Waals surface area contributed by atoms with Crippen LogP contribution in [0.2, 0.25) is 5.02 Å². The number of rotatable bonds is 5. The van der Waals surface area contributed by atoms with Gasteiger partial charge in [-0.2, -0.15) is 0 Å². The predicted octanol–water partition coefficient (Wildman–Crippen LogP) is 3.62. The summed E-state index contributed by atoms with van der Waals surface area (Å²) in [5.74, 6) is -0.414. The topological polar surface area (TPSA) is 30.0 Å². The lowest BCUT2D eigenvalue weighted by Gasteiger charge is -2.04. The van der Waals surface area contributed by atoms with Crippen LogP contribution >= 0.6 is 11.6 Å². The van der Waals surface area contributed by atoms with Crippen molar-refractivity contribution in [3.8, 4) is 0 Å². The molecule has 0 atom stereocenters. The Labute approximate surface area is 116 Å². The second kappa shape index (κ2) is 6.43. The minimum atomic E-state index is -0.426. The van der Waals surface area contributed by atoms with E-state index in [2.05, 4.69) is 4.98 Å². The summed E-state index contributed by atoms with van der Waals surface area (Å²) < 4.78 is 13.5. The fourth-order valence-electron chi connectivity index (χ4n) is 1.80. The summed E-state index contributed by atoms with van der Waals surface area (Å²) >= 11 is 5.66. The van der Waals surface area contributed by atoms with Gasteiger partial charge in [-0.25, -0.2) is 4.39 Å². The summed E-state index contributed by atoms with van der Waals surface area (Å²) in [4.78, 5) is 15.7. The first-order valence-electron chi connectivity index (χ1n) is 5.99. The Morgan fingerprint density at radius 1 is 1.21 bits per heavy atom. The second-order valence-electron chi connectivity index (χ2n) is 4.31. The van der Waals surface area contributed by atoms with Crippen molar-refractivity contribution in [3.05, 3.63) is 64.7 Å². The van der Waals surface area contributed by atoms with Crippen molar-refractivity contribution in [1.29, 1.82) is 0 Å². The molecule has 0 unspecified atom stereocenters. The zero-order valence-electron chi connectivity index (χ0n) is 10.3. The number of nitrogens with zero attached hydrogens (tertiary/aromatic N) is 1. The third kappa shape index (κ3) is 4.14. The Kier molecular flexibility index (Phi) is 4.63. The van der Waals surface area contributed by atoms with Crippen LogP contribution in [0, 0.1) is 5.82 Å². The van der Waals surface area contributed by atoms with Gasteiger partial charge < -0.3 is 0 Å². The van der Waals surface area contributed by atoms with Crippen molar-refractivity contribution in [2.75, 3.05) is 0 Å². The molecule has 0 saturated heterocycles. The van der Waals surface area contributed by atoms with Crippen LogP contribution in [0.4, 0.5) is 4.39 Å². The molecule has 2 aromatic rings. The standard InChI is InChI=1S/C15H13ClFNO/c16-13-3-2-12(15(17)10-13)9-14(19)4-1-11-5-7-18-8-6-11/h2-3,5-8,10H,1,4,9H2. The molecule has 0 spiro atoms. The number of benzene rings is 1. The number of carbonyl (C=O) groups excluding carboxylic acids is 1. The number of hydrogen-bond donors (Lipinski definition) is 0. The van der Waals surface area contributed by atoms with E-state index in [9.17, 15) is 9.18 Å². The maximum absolute atomic E-state index is 13.5. The highest BCUT2D eigenvalue weighted by atomic mass is 35.5. The van der Waals surface area contributed by atoms with Gasteiger partial charge >= 0.3 is 0 Å². The SMILES string of the molecule is O=C(CCc1ccncc1)Cc1ccc(Cl)cc1F. The average molecular weight is 278 g/mol. The summed E-state index contributed by atoms with van der Waals surface area (Å²) in [5.41, 5.74) is 1.45. The molecule has 0 radical (unpaired) electrons. The largest absolute Gasteiger partial charge is 0.299 e. The second-order valence-corrected chi connectivity index (χ2v) is 4.74. The molecule has 19 heavy (non-hydrogen) atoms. The first kappa shape index (κ1) is 13.7. The summed E-state index contributed by atoms with van der Waals surface area (Å²) in [6.07, 6.45) is 4.54. The summed E-state index contributed by atoms with van der Waals surface area (Å²) in [5, 5.41) is 0.338. The highest BCUT2D eigenvalue weighted by molar-refractivity contribution is 6.30. The van der Waals surface area contributed by atoms with Crippen LogP contribution in [0.5, 0.6) is 0 Å². The van der Waals surface area contributed by atoms with Gasteiger partial charge in [-0.05, 0) is 41.8 Å². The molecule has 1 heterocycles. The van der Waals surface area contributed by atoms with E-state index >= 15 is 0 Å². The summed E-state index contributed by atoms with van der Waals surface area (Å²) in [6.45, 7) is 0. The third-order valence-electron chi connectivity index (χ3n) is 2.84. The number of aromatic nitrogens is 1. The first-order valence-corrected chi connectivity index (χ1v) is 6.37. The Hall–Kier alpha value is -1.74. The Balaban J connectivity index is 1.91. The zero-order chi connectivity index (χ0) is 13.7. The number of halogens is 2. The van der Waals surface area contributed by atoms with E-state index in [1.54, 1.807) is 24.5 Å². The maximum Gasteiger partial charge on any atom is 0.137 e. The molecule has 0 bridgehead atoms. The lowest BCUT2D eigenvalue weighted by atomic mass is 10.0. The molecule has 0 aliphatic rings. The van der Waals surface area contributed by atoms with Gasteiger partial charge in [0.05, 0.1) is 0 Å². The lowest BCUT2D eigenvalue weighted by molar-refractivity contribution is -0.118. The third-order valence-corrected chi connectivity index (χ3v) is 3.08. The van der Waals surface area contributed by atoms with Crippen LogP contribution in [0.15, 0.2) is 42.7 Å². The highest BCUT2D eigenvalue weighted by Crippen LogP contribution is 2.16. The molecule has 0 aliphatic carbocycles. The van der Waals surface area contributed by atoms with Crippen molar-refractivity contribution in [2.45, 2.75) is 19.3 Å². The Bertz CT molecular complexity index is 572. The molecular weight excluding hydrogens is 265 g/mol. The van der Waals surface area contributed by atoms with E-state index in [1.807, 2.05) is 12.1 Å². The van der Waals surface area contributed by atoms with Gasteiger partial charge in [0.1, 0.15) is 11.6 Å². The summed E-state index contributed by atoms with van der Waals surface area (Å²) in [6, 6.07) is 8.12. The fourth-order valence-corrected chi connectivity index (χ4v) is 1.96. The minimum absolute atomic E-state index is 0.0121. The van der Waals surface area contributed by atoms with E-state index in [1.165, 1.54) is 6.07 Å². The molecule has 0 saturated carbocycles. The van der Waals surface area contributed by atoms with Gasteiger partial charge in [0.2, 0.25) is 0 Å². The van der Waals surface area contributed by atoms with Gasteiger partial charge in [-0.15, -0.1) is 0 Å². The quantitative estimate of drug-likeness (QED) is 0.835. The van der Waals surface area contributed by atoms with E-state index < -0.39 is 5.82 Å². The van der Waals surface area contributed by atoms with Gasteiger partial charge in [0.25, 0.3) is 0 Å². The van der Waals surface area contributed by atoms with Crippen molar-refractivity contribution < 1.29 is 9.18 Å². The molecule has 0 fully saturated rings. The Morgan fingerprint density at radius 2 is 1.95 bits per heavy atom. The number of Topliss-reactive ketones (excluding diaryl/α,β-unsaturated/α-hetero) is 1. The molecule has 0 aliphatic heterocycles. The van der Waals surface area contributed by atoms with Gasteiger partial charge in [0, 0.05) is 30.3 Å². The molecule has 2 nitrogen and oxygen atoms in total. The minimum Gasteiger partial charge on any atom is -0.299 e. The van der Waals surface area contributed by atoms with Gasteiger partial charge in [0.15, 0.2) is 0 Å². The van der Waals surface area contributed by atoms with Crippen molar-refractivity contribution in [3.63, 3.8) is 0 Å². The van der Waals surface area contributed by atoms with E-state index in [0.717, 1.165) is 5.56 Å². The molecule has 98 valence electrons. The van der Waals surface area contributed by atoms with E-state index in [4.69, 9.17) is 11.6 Å². The van der Waals surface area contributed by atoms with Crippen LogP contribution < -0.4 is 0 Å². The van der Waals surface area contributed by atoms with Crippen LogP contribution in [0.25, 0.3) is 0 Å².